The van der Waals surface area contributed by atoms with E-state index in [1.54, 1.807) is 23.9 Å². The summed E-state index contributed by atoms with van der Waals surface area (Å²) in [6.07, 6.45) is 4.51. The topological polar surface area (TPSA) is 78.8 Å². The molecule has 1 amide bonds. The predicted octanol–water partition coefficient (Wildman–Crippen LogP) is 3.29. The molecule has 144 valence electrons. The smallest absolute Gasteiger partial charge is 0.260 e. The second-order valence-electron chi connectivity index (χ2n) is 5.77. The van der Waals surface area contributed by atoms with Crippen LogP contribution in [0.3, 0.4) is 0 Å². The first-order valence-electron chi connectivity index (χ1n) is 7.90. The van der Waals surface area contributed by atoms with Crippen LogP contribution in [0.15, 0.2) is 52.5 Å². The lowest BCUT2D eigenvalue weighted by atomic mass is 10.2. The molecule has 2 aromatic rings. The molecule has 0 aliphatic rings. The molecule has 0 spiro atoms. The van der Waals surface area contributed by atoms with Gasteiger partial charge in [-0.15, -0.1) is 11.8 Å². The third-order valence-corrected chi connectivity index (χ3v) is 5.94. The number of rotatable bonds is 7. The Morgan fingerprint density at radius 3 is 2.48 bits per heavy atom. The number of hydrogen-bond donors (Lipinski definition) is 1. The van der Waals surface area contributed by atoms with Crippen molar-refractivity contribution in [3.8, 4) is 0 Å². The van der Waals surface area contributed by atoms with Crippen molar-refractivity contribution in [2.24, 2.45) is 5.10 Å². The second-order valence-corrected chi connectivity index (χ2v) is 8.96. The van der Waals surface area contributed by atoms with Crippen LogP contribution in [0.5, 0.6) is 0 Å². The predicted molar refractivity (Wildman–Crippen MR) is 112 cm³/mol. The number of anilines is 1. The fourth-order valence-electron chi connectivity index (χ4n) is 2.17. The lowest BCUT2D eigenvalue weighted by Gasteiger charge is -2.21. The molecule has 2 rings (SSSR count). The van der Waals surface area contributed by atoms with Gasteiger partial charge in [0.15, 0.2) is 0 Å². The van der Waals surface area contributed by atoms with Gasteiger partial charge in [-0.3, -0.25) is 9.10 Å². The molecule has 6 nitrogen and oxygen atoms in total. The quantitative estimate of drug-likeness (QED) is 0.419. The molecule has 0 saturated heterocycles. The van der Waals surface area contributed by atoms with E-state index in [2.05, 4.69) is 10.5 Å². The molecule has 0 atom stereocenters. The van der Waals surface area contributed by atoms with Crippen molar-refractivity contribution in [1.29, 1.82) is 0 Å². The molecule has 0 aliphatic heterocycles. The monoisotopic (exact) mass is 425 g/mol. The molecule has 27 heavy (non-hydrogen) atoms. The summed E-state index contributed by atoms with van der Waals surface area (Å²) in [5.74, 6) is -0.561. The molecule has 0 radical (unpaired) electrons. The van der Waals surface area contributed by atoms with Gasteiger partial charge in [0.2, 0.25) is 10.0 Å². The minimum atomic E-state index is -3.67. The second kappa shape index (κ2) is 9.25. The van der Waals surface area contributed by atoms with E-state index < -0.39 is 22.5 Å². The number of carbonyl (C=O) groups excluding carboxylic acids is 1. The summed E-state index contributed by atoms with van der Waals surface area (Å²) in [5, 5.41) is 4.30. The van der Waals surface area contributed by atoms with Gasteiger partial charge in [0, 0.05) is 9.92 Å². The zero-order valence-electron chi connectivity index (χ0n) is 15.1. The Morgan fingerprint density at radius 1 is 1.26 bits per heavy atom. The highest BCUT2D eigenvalue weighted by molar-refractivity contribution is 7.98. The van der Waals surface area contributed by atoms with Crippen molar-refractivity contribution < 1.29 is 13.2 Å². The molecule has 2 aromatic carbocycles. The summed E-state index contributed by atoms with van der Waals surface area (Å²) in [6.45, 7) is 1.41. The van der Waals surface area contributed by atoms with Crippen LogP contribution in [-0.2, 0) is 14.8 Å². The number of hydrogen-bond acceptors (Lipinski definition) is 5. The SMILES string of the molecule is CSc1ccc(/C=N\NC(=O)CN(c2ccc(C)c(Cl)c2)S(C)(=O)=O)cc1. The number of nitrogens with one attached hydrogen (secondary N) is 1. The Balaban J connectivity index is 2.07. The van der Waals surface area contributed by atoms with Crippen LogP contribution >= 0.6 is 23.4 Å². The van der Waals surface area contributed by atoms with E-state index in [-0.39, 0.29) is 0 Å². The highest BCUT2D eigenvalue weighted by Crippen LogP contribution is 2.24. The molecule has 0 heterocycles. The molecule has 0 fully saturated rings. The van der Waals surface area contributed by atoms with Gasteiger partial charge in [-0.05, 0) is 48.6 Å². The standard InChI is InChI=1S/C18H20ClN3O3S2/c1-13-4-7-15(10-17(13)19)22(27(3,24)25)12-18(23)21-20-11-14-5-8-16(26-2)9-6-14/h4-11H,12H2,1-3H3,(H,21,23)/b20-11-. The van der Waals surface area contributed by atoms with Crippen molar-refractivity contribution >= 4 is 51.2 Å². The summed E-state index contributed by atoms with van der Waals surface area (Å²) < 4.78 is 25.1. The molecule has 0 aliphatic carbocycles. The molecule has 1 N–H and O–H groups in total. The lowest BCUT2D eigenvalue weighted by molar-refractivity contribution is -0.119. The maximum absolute atomic E-state index is 12.1. The van der Waals surface area contributed by atoms with E-state index in [0.717, 1.165) is 26.6 Å². The Bertz CT molecular complexity index is 945. The van der Waals surface area contributed by atoms with Crippen molar-refractivity contribution in [1.82, 2.24) is 5.43 Å². The number of hydrazone groups is 1. The van der Waals surface area contributed by atoms with Crippen molar-refractivity contribution in [2.45, 2.75) is 11.8 Å². The highest BCUT2D eigenvalue weighted by Gasteiger charge is 2.21. The van der Waals surface area contributed by atoms with Gasteiger partial charge in [-0.2, -0.15) is 5.10 Å². The van der Waals surface area contributed by atoms with E-state index >= 15 is 0 Å². The van der Waals surface area contributed by atoms with E-state index in [1.165, 1.54) is 12.3 Å². The number of halogens is 1. The van der Waals surface area contributed by atoms with Crippen LogP contribution in [-0.4, -0.2) is 39.6 Å². The lowest BCUT2D eigenvalue weighted by Crippen LogP contribution is -2.39. The number of sulfonamides is 1. The summed E-state index contributed by atoms with van der Waals surface area (Å²) in [6, 6.07) is 12.5. The van der Waals surface area contributed by atoms with Gasteiger partial charge in [0.05, 0.1) is 18.2 Å². The van der Waals surface area contributed by atoms with Crippen molar-refractivity contribution in [3.63, 3.8) is 0 Å². The Morgan fingerprint density at radius 2 is 1.93 bits per heavy atom. The van der Waals surface area contributed by atoms with Crippen LogP contribution in [0.2, 0.25) is 5.02 Å². The van der Waals surface area contributed by atoms with Crippen LogP contribution < -0.4 is 9.73 Å². The third-order valence-electron chi connectivity index (χ3n) is 3.65. The summed E-state index contributed by atoms with van der Waals surface area (Å²) in [5.41, 5.74) is 4.30. The molecule has 0 unspecified atom stereocenters. The van der Waals surface area contributed by atoms with Crippen LogP contribution in [0.25, 0.3) is 0 Å². The molecular weight excluding hydrogens is 406 g/mol. The van der Waals surface area contributed by atoms with Crippen LogP contribution in [0.1, 0.15) is 11.1 Å². The Hall–Kier alpha value is -2.03. The number of thioether (sulfide) groups is 1. The molecule has 0 bridgehead atoms. The average molecular weight is 426 g/mol. The Kier molecular flexibility index (Phi) is 7.29. The normalized spacial score (nSPS) is 11.6. The van der Waals surface area contributed by atoms with E-state index in [4.69, 9.17) is 11.6 Å². The summed E-state index contributed by atoms with van der Waals surface area (Å²) in [7, 11) is -3.67. The zero-order chi connectivity index (χ0) is 20.0. The minimum Gasteiger partial charge on any atom is -0.271 e. The molecule has 0 aromatic heterocycles. The van der Waals surface area contributed by atoms with E-state index in [0.29, 0.717) is 10.7 Å². The number of amides is 1. The van der Waals surface area contributed by atoms with Crippen LogP contribution in [0.4, 0.5) is 5.69 Å². The third kappa shape index (κ3) is 6.27. The molecule has 0 saturated carbocycles. The van der Waals surface area contributed by atoms with Gasteiger partial charge in [0.1, 0.15) is 6.54 Å². The summed E-state index contributed by atoms with van der Waals surface area (Å²) in [4.78, 5) is 13.3. The van der Waals surface area contributed by atoms with Crippen molar-refractivity contribution in [3.05, 3.63) is 58.6 Å². The average Bonchev–Trinajstić information content (AvgIpc) is 2.62. The van der Waals surface area contributed by atoms with Gasteiger partial charge in [-0.25, -0.2) is 13.8 Å². The van der Waals surface area contributed by atoms with E-state index in [9.17, 15) is 13.2 Å². The number of nitrogens with zero attached hydrogens (tertiary/aromatic N) is 2. The summed E-state index contributed by atoms with van der Waals surface area (Å²) >= 11 is 7.70. The maximum atomic E-state index is 12.1. The van der Waals surface area contributed by atoms with Gasteiger partial charge in [0.25, 0.3) is 5.91 Å². The number of aryl methyl sites for hydroxylation is 1. The molecule has 9 heteroatoms. The number of benzene rings is 2. The van der Waals surface area contributed by atoms with E-state index in [1.807, 2.05) is 37.4 Å². The largest absolute Gasteiger partial charge is 0.271 e. The zero-order valence-corrected chi connectivity index (χ0v) is 17.5. The van der Waals surface area contributed by atoms with Gasteiger partial charge in [-0.1, -0.05) is 29.8 Å². The van der Waals surface area contributed by atoms with Crippen molar-refractivity contribution in [2.75, 3.05) is 23.4 Å². The highest BCUT2D eigenvalue weighted by atomic mass is 35.5. The van der Waals surface area contributed by atoms with Gasteiger partial charge >= 0.3 is 0 Å². The Labute approximate surface area is 168 Å². The fourth-order valence-corrected chi connectivity index (χ4v) is 3.60. The van der Waals surface area contributed by atoms with Gasteiger partial charge < -0.3 is 0 Å². The minimum absolute atomic E-state index is 0.319. The number of carbonyl (C=O) groups is 1. The molecular formula is C18H20ClN3O3S2. The van der Waals surface area contributed by atoms with Crippen LogP contribution in [0, 0.1) is 6.92 Å². The maximum Gasteiger partial charge on any atom is 0.260 e. The fraction of sp³-hybridized carbons (Fsp3) is 0.222. The first-order valence-corrected chi connectivity index (χ1v) is 11.4. The first kappa shape index (κ1) is 21.3. The first-order chi connectivity index (χ1) is 12.7.